The summed E-state index contributed by atoms with van der Waals surface area (Å²) < 4.78 is 1.94. The van der Waals surface area contributed by atoms with Crippen LogP contribution in [0.1, 0.15) is 21.6 Å². The van der Waals surface area contributed by atoms with Crippen molar-refractivity contribution < 1.29 is 4.79 Å². The van der Waals surface area contributed by atoms with Crippen LogP contribution in [0.2, 0.25) is 5.02 Å². The Labute approximate surface area is 140 Å². The fourth-order valence-corrected chi connectivity index (χ4v) is 2.87. The molecule has 0 saturated heterocycles. The second kappa shape index (κ2) is 6.47. The van der Waals surface area contributed by atoms with Crippen molar-refractivity contribution in [3.63, 3.8) is 0 Å². The van der Waals surface area contributed by atoms with E-state index >= 15 is 0 Å². The van der Waals surface area contributed by atoms with E-state index < -0.39 is 0 Å². The summed E-state index contributed by atoms with van der Waals surface area (Å²) in [4.78, 5) is 12.4. The summed E-state index contributed by atoms with van der Waals surface area (Å²) in [6.45, 7) is 2.65. The lowest BCUT2D eigenvalue weighted by Crippen LogP contribution is -2.27. The van der Waals surface area contributed by atoms with E-state index in [-0.39, 0.29) is 5.91 Å². The Hall–Kier alpha value is -2.26. The molecular weight excluding hydrogens is 308 g/mol. The number of halogens is 1. The van der Waals surface area contributed by atoms with E-state index in [9.17, 15) is 4.79 Å². The quantitative estimate of drug-likeness (QED) is 0.769. The monoisotopic (exact) mass is 326 g/mol. The first kappa shape index (κ1) is 15.6. The molecule has 1 N–H and O–H groups in total. The van der Waals surface area contributed by atoms with Gasteiger partial charge >= 0.3 is 0 Å². The summed E-state index contributed by atoms with van der Waals surface area (Å²) >= 11 is 5.87. The number of aryl methyl sites for hydroxylation is 2. The Bertz CT molecular complexity index is 850. The molecule has 118 valence electrons. The number of rotatable bonds is 4. The fraction of sp³-hybridized carbons (Fsp3) is 0.211. The highest BCUT2D eigenvalue weighted by atomic mass is 35.5. The molecule has 0 radical (unpaired) electrons. The van der Waals surface area contributed by atoms with E-state index in [1.54, 1.807) is 0 Å². The third-order valence-corrected chi connectivity index (χ3v) is 4.30. The van der Waals surface area contributed by atoms with Crippen molar-refractivity contribution in [2.24, 2.45) is 7.05 Å². The molecule has 0 aliphatic heterocycles. The van der Waals surface area contributed by atoms with Gasteiger partial charge < -0.3 is 9.88 Å². The highest BCUT2D eigenvalue weighted by Gasteiger charge is 2.12. The van der Waals surface area contributed by atoms with Crippen LogP contribution in [0.25, 0.3) is 10.9 Å². The summed E-state index contributed by atoms with van der Waals surface area (Å²) in [5.41, 5.74) is 4.10. The first-order chi connectivity index (χ1) is 11.0. The number of carbonyl (C=O) groups is 1. The van der Waals surface area contributed by atoms with Crippen LogP contribution in [-0.2, 0) is 13.5 Å². The van der Waals surface area contributed by atoms with E-state index in [4.69, 9.17) is 11.6 Å². The summed E-state index contributed by atoms with van der Waals surface area (Å²) in [6.07, 6.45) is 0.784. The van der Waals surface area contributed by atoms with Crippen molar-refractivity contribution in [1.29, 1.82) is 0 Å². The maximum Gasteiger partial charge on any atom is 0.267 e. The van der Waals surface area contributed by atoms with Gasteiger partial charge in [0.2, 0.25) is 0 Å². The van der Waals surface area contributed by atoms with Crippen molar-refractivity contribution in [2.75, 3.05) is 6.54 Å². The zero-order chi connectivity index (χ0) is 16.4. The predicted octanol–water partition coefficient (Wildman–Crippen LogP) is 4.11. The van der Waals surface area contributed by atoms with Crippen LogP contribution in [0.3, 0.4) is 0 Å². The van der Waals surface area contributed by atoms with Gasteiger partial charge in [-0.15, -0.1) is 0 Å². The smallest absolute Gasteiger partial charge is 0.267 e. The number of nitrogens with one attached hydrogen (secondary N) is 1. The van der Waals surface area contributed by atoms with Crippen LogP contribution in [-0.4, -0.2) is 17.0 Å². The largest absolute Gasteiger partial charge is 0.350 e. The van der Waals surface area contributed by atoms with Crippen LogP contribution in [0.4, 0.5) is 0 Å². The number of fused-ring (bicyclic) bond motifs is 1. The number of hydrogen-bond acceptors (Lipinski definition) is 1. The lowest BCUT2D eigenvalue weighted by Gasteiger charge is -2.07. The summed E-state index contributed by atoms with van der Waals surface area (Å²) in [5, 5.41) is 4.80. The van der Waals surface area contributed by atoms with Gasteiger partial charge in [0.1, 0.15) is 5.69 Å². The molecule has 0 fully saturated rings. The first-order valence-corrected chi connectivity index (χ1v) is 8.01. The second-order valence-electron chi connectivity index (χ2n) is 5.78. The van der Waals surface area contributed by atoms with Gasteiger partial charge in [0, 0.05) is 29.5 Å². The Morgan fingerprint density at radius 3 is 2.61 bits per heavy atom. The minimum Gasteiger partial charge on any atom is -0.350 e. The number of hydrogen-bond donors (Lipinski definition) is 1. The van der Waals surface area contributed by atoms with E-state index in [1.165, 1.54) is 5.56 Å². The van der Waals surface area contributed by atoms with Crippen LogP contribution in [0.5, 0.6) is 0 Å². The van der Waals surface area contributed by atoms with Gasteiger partial charge in [-0.25, -0.2) is 0 Å². The number of amides is 1. The third-order valence-electron chi connectivity index (χ3n) is 4.04. The molecule has 4 heteroatoms. The molecule has 0 unspecified atom stereocenters. The van der Waals surface area contributed by atoms with Gasteiger partial charge in [0.05, 0.1) is 0 Å². The molecule has 1 heterocycles. The predicted molar refractivity (Wildman–Crippen MR) is 95.1 cm³/mol. The van der Waals surface area contributed by atoms with Gasteiger partial charge in [-0.1, -0.05) is 35.4 Å². The Balaban J connectivity index is 1.68. The molecule has 3 aromatic rings. The maximum atomic E-state index is 12.4. The highest BCUT2D eigenvalue weighted by molar-refractivity contribution is 6.30. The number of carbonyl (C=O) groups excluding carboxylic acids is 1. The molecular formula is C19H19ClN2O. The zero-order valence-corrected chi connectivity index (χ0v) is 14.0. The van der Waals surface area contributed by atoms with E-state index in [0.29, 0.717) is 12.2 Å². The molecule has 0 bridgehead atoms. The van der Waals surface area contributed by atoms with Crippen molar-refractivity contribution in [2.45, 2.75) is 13.3 Å². The van der Waals surface area contributed by atoms with Crippen molar-refractivity contribution in [3.05, 3.63) is 70.4 Å². The lowest BCUT2D eigenvalue weighted by atomic mass is 10.1. The number of aromatic nitrogens is 1. The van der Waals surface area contributed by atoms with Crippen LogP contribution in [0.15, 0.2) is 48.5 Å². The van der Waals surface area contributed by atoms with E-state index in [0.717, 1.165) is 27.9 Å². The molecule has 1 amide bonds. The Morgan fingerprint density at radius 2 is 1.87 bits per heavy atom. The molecule has 2 aromatic carbocycles. The fourth-order valence-electron chi connectivity index (χ4n) is 2.75. The minimum atomic E-state index is -0.0460. The normalized spacial score (nSPS) is 10.9. The van der Waals surface area contributed by atoms with Crippen molar-refractivity contribution in [1.82, 2.24) is 9.88 Å². The minimum absolute atomic E-state index is 0.0460. The summed E-state index contributed by atoms with van der Waals surface area (Å²) in [5.74, 6) is -0.0460. The average Bonchev–Trinajstić information content (AvgIpc) is 2.85. The first-order valence-electron chi connectivity index (χ1n) is 7.63. The summed E-state index contributed by atoms with van der Waals surface area (Å²) in [7, 11) is 1.92. The molecule has 3 nitrogen and oxygen atoms in total. The maximum absolute atomic E-state index is 12.4. The standard InChI is InChI=1S/C19H19ClN2O/c1-13-3-8-17-15(11-13)12-18(22(17)2)19(23)21-10-9-14-4-6-16(20)7-5-14/h3-8,11-12H,9-10H2,1-2H3,(H,21,23). The lowest BCUT2D eigenvalue weighted by molar-refractivity contribution is 0.0946. The van der Waals surface area contributed by atoms with E-state index in [2.05, 4.69) is 30.4 Å². The second-order valence-corrected chi connectivity index (χ2v) is 6.22. The van der Waals surface area contributed by atoms with Crippen LogP contribution in [0, 0.1) is 6.92 Å². The molecule has 0 aliphatic rings. The molecule has 0 atom stereocenters. The molecule has 0 aliphatic carbocycles. The molecule has 23 heavy (non-hydrogen) atoms. The van der Waals surface area contributed by atoms with Gasteiger partial charge in [-0.2, -0.15) is 0 Å². The third kappa shape index (κ3) is 3.40. The zero-order valence-electron chi connectivity index (χ0n) is 13.3. The number of nitrogens with zero attached hydrogens (tertiary/aromatic N) is 1. The molecule has 3 rings (SSSR count). The van der Waals surface area contributed by atoms with Crippen molar-refractivity contribution in [3.8, 4) is 0 Å². The molecule has 0 saturated carbocycles. The van der Waals surface area contributed by atoms with E-state index in [1.807, 2.05) is 41.9 Å². The van der Waals surface area contributed by atoms with Crippen molar-refractivity contribution >= 4 is 28.4 Å². The van der Waals surface area contributed by atoms with Crippen LogP contribution >= 0.6 is 11.6 Å². The Morgan fingerprint density at radius 1 is 1.13 bits per heavy atom. The highest BCUT2D eigenvalue weighted by Crippen LogP contribution is 2.20. The van der Waals surface area contributed by atoms with Gasteiger partial charge in [-0.05, 0) is 49.2 Å². The SMILES string of the molecule is Cc1ccc2c(c1)cc(C(=O)NCCc1ccc(Cl)cc1)n2C. The average molecular weight is 327 g/mol. The summed E-state index contributed by atoms with van der Waals surface area (Å²) in [6, 6.07) is 15.8. The van der Waals surface area contributed by atoms with Crippen LogP contribution < -0.4 is 5.32 Å². The Kier molecular flexibility index (Phi) is 4.39. The molecule has 0 spiro atoms. The van der Waals surface area contributed by atoms with Gasteiger partial charge in [0.15, 0.2) is 0 Å². The van der Waals surface area contributed by atoms with Gasteiger partial charge in [-0.3, -0.25) is 4.79 Å². The van der Waals surface area contributed by atoms with Gasteiger partial charge in [0.25, 0.3) is 5.91 Å². The molecule has 1 aromatic heterocycles. The number of benzene rings is 2. The topological polar surface area (TPSA) is 34.0 Å².